The third-order valence-electron chi connectivity index (χ3n) is 3.36. The SMILES string of the molecule is COc1cccc(CN(C)c2nnc(Cl)c(C)c2C)c1. The third kappa shape index (κ3) is 3.02. The largest absolute Gasteiger partial charge is 0.497 e. The van der Waals surface area contributed by atoms with Crippen molar-refractivity contribution >= 4 is 17.4 Å². The maximum Gasteiger partial charge on any atom is 0.155 e. The van der Waals surface area contributed by atoms with Gasteiger partial charge in [-0.1, -0.05) is 23.7 Å². The quantitative estimate of drug-likeness (QED) is 0.865. The highest BCUT2D eigenvalue weighted by molar-refractivity contribution is 6.30. The molecule has 106 valence electrons. The Balaban J connectivity index is 2.23. The number of hydrogen-bond acceptors (Lipinski definition) is 4. The first-order valence-corrected chi connectivity index (χ1v) is 6.74. The van der Waals surface area contributed by atoms with Gasteiger partial charge in [-0.05, 0) is 42.7 Å². The number of ether oxygens (including phenoxy) is 1. The Labute approximate surface area is 124 Å². The van der Waals surface area contributed by atoms with E-state index in [4.69, 9.17) is 16.3 Å². The molecule has 1 aromatic heterocycles. The van der Waals surface area contributed by atoms with Gasteiger partial charge in [0, 0.05) is 13.6 Å². The summed E-state index contributed by atoms with van der Waals surface area (Å²) in [6, 6.07) is 7.99. The van der Waals surface area contributed by atoms with Crippen LogP contribution in [-0.4, -0.2) is 24.4 Å². The summed E-state index contributed by atoms with van der Waals surface area (Å²) in [6.45, 7) is 4.69. The molecule has 0 N–H and O–H groups in total. The Kier molecular flexibility index (Phi) is 4.45. The fourth-order valence-electron chi connectivity index (χ4n) is 2.05. The van der Waals surface area contributed by atoms with E-state index in [1.165, 1.54) is 0 Å². The van der Waals surface area contributed by atoms with Crippen molar-refractivity contribution in [3.8, 4) is 5.75 Å². The van der Waals surface area contributed by atoms with Crippen LogP contribution in [0.3, 0.4) is 0 Å². The van der Waals surface area contributed by atoms with Gasteiger partial charge >= 0.3 is 0 Å². The van der Waals surface area contributed by atoms with Crippen molar-refractivity contribution in [2.75, 3.05) is 19.1 Å². The van der Waals surface area contributed by atoms with E-state index in [-0.39, 0.29) is 0 Å². The van der Waals surface area contributed by atoms with Gasteiger partial charge in [-0.25, -0.2) is 0 Å². The number of aromatic nitrogens is 2. The van der Waals surface area contributed by atoms with Crippen molar-refractivity contribution < 1.29 is 4.74 Å². The Morgan fingerprint density at radius 1 is 1.20 bits per heavy atom. The first kappa shape index (κ1) is 14.6. The van der Waals surface area contributed by atoms with E-state index in [2.05, 4.69) is 21.2 Å². The number of halogens is 1. The summed E-state index contributed by atoms with van der Waals surface area (Å²) in [7, 11) is 3.66. The molecule has 0 fully saturated rings. The Morgan fingerprint density at radius 3 is 2.65 bits per heavy atom. The molecule has 20 heavy (non-hydrogen) atoms. The molecule has 1 heterocycles. The predicted octanol–water partition coefficient (Wildman–Crippen LogP) is 3.39. The van der Waals surface area contributed by atoms with Crippen LogP contribution in [0.15, 0.2) is 24.3 Å². The third-order valence-corrected chi connectivity index (χ3v) is 3.71. The molecule has 0 amide bonds. The second-order valence-electron chi connectivity index (χ2n) is 4.77. The summed E-state index contributed by atoms with van der Waals surface area (Å²) in [4.78, 5) is 2.06. The first-order chi connectivity index (χ1) is 9.52. The average Bonchev–Trinajstić information content (AvgIpc) is 2.45. The zero-order valence-corrected chi connectivity index (χ0v) is 12.9. The minimum Gasteiger partial charge on any atom is -0.497 e. The fourth-order valence-corrected chi connectivity index (χ4v) is 2.23. The van der Waals surface area contributed by atoms with E-state index in [1.54, 1.807) is 7.11 Å². The summed E-state index contributed by atoms with van der Waals surface area (Å²) in [5, 5.41) is 8.63. The molecule has 0 spiro atoms. The van der Waals surface area contributed by atoms with Crippen molar-refractivity contribution in [3.05, 3.63) is 46.1 Å². The number of anilines is 1. The second-order valence-corrected chi connectivity index (χ2v) is 5.13. The topological polar surface area (TPSA) is 38.2 Å². The van der Waals surface area contributed by atoms with Gasteiger partial charge in [0.15, 0.2) is 11.0 Å². The van der Waals surface area contributed by atoms with Crippen molar-refractivity contribution in [2.24, 2.45) is 0 Å². The van der Waals surface area contributed by atoms with Gasteiger partial charge in [0.1, 0.15) is 5.75 Å². The maximum atomic E-state index is 5.98. The maximum absolute atomic E-state index is 5.98. The van der Waals surface area contributed by atoms with Gasteiger partial charge in [-0.15, -0.1) is 10.2 Å². The highest BCUT2D eigenvalue weighted by atomic mass is 35.5. The van der Waals surface area contributed by atoms with E-state index in [0.29, 0.717) is 5.15 Å². The van der Waals surface area contributed by atoms with E-state index >= 15 is 0 Å². The fraction of sp³-hybridized carbons (Fsp3) is 0.333. The predicted molar refractivity (Wildman–Crippen MR) is 81.6 cm³/mol. The van der Waals surface area contributed by atoms with Crippen LogP contribution in [-0.2, 0) is 6.54 Å². The van der Waals surface area contributed by atoms with E-state index in [1.807, 2.05) is 39.1 Å². The van der Waals surface area contributed by atoms with Crippen LogP contribution in [0.2, 0.25) is 5.15 Å². The molecule has 0 aliphatic rings. The van der Waals surface area contributed by atoms with Crippen LogP contribution >= 0.6 is 11.6 Å². The van der Waals surface area contributed by atoms with E-state index < -0.39 is 0 Å². The molecule has 0 unspecified atom stereocenters. The molecule has 0 aliphatic heterocycles. The van der Waals surface area contributed by atoms with Gasteiger partial charge in [0.2, 0.25) is 0 Å². The lowest BCUT2D eigenvalue weighted by Crippen LogP contribution is -2.20. The molecule has 0 atom stereocenters. The smallest absolute Gasteiger partial charge is 0.155 e. The molecule has 1 aromatic carbocycles. The van der Waals surface area contributed by atoms with Crippen LogP contribution in [0.4, 0.5) is 5.82 Å². The van der Waals surface area contributed by atoms with Gasteiger partial charge in [-0.3, -0.25) is 0 Å². The van der Waals surface area contributed by atoms with Crippen LogP contribution < -0.4 is 9.64 Å². The summed E-state index contributed by atoms with van der Waals surface area (Å²) >= 11 is 5.98. The van der Waals surface area contributed by atoms with Gasteiger partial charge in [0.25, 0.3) is 0 Å². The molecule has 0 radical (unpaired) electrons. The average molecular weight is 292 g/mol. The van der Waals surface area contributed by atoms with Gasteiger partial charge in [-0.2, -0.15) is 0 Å². The minimum absolute atomic E-state index is 0.459. The number of hydrogen-bond donors (Lipinski definition) is 0. The van der Waals surface area contributed by atoms with Crippen molar-refractivity contribution in [1.82, 2.24) is 10.2 Å². The zero-order valence-electron chi connectivity index (χ0n) is 12.1. The van der Waals surface area contributed by atoms with Crippen molar-refractivity contribution in [1.29, 1.82) is 0 Å². The first-order valence-electron chi connectivity index (χ1n) is 6.36. The van der Waals surface area contributed by atoms with Crippen LogP contribution in [0.25, 0.3) is 0 Å². The van der Waals surface area contributed by atoms with E-state index in [9.17, 15) is 0 Å². The number of methoxy groups -OCH3 is 1. The number of nitrogens with zero attached hydrogens (tertiary/aromatic N) is 3. The van der Waals surface area contributed by atoms with Crippen molar-refractivity contribution in [3.63, 3.8) is 0 Å². The van der Waals surface area contributed by atoms with Gasteiger partial charge in [0.05, 0.1) is 7.11 Å². The molecular weight excluding hydrogens is 274 g/mol. The molecule has 4 nitrogen and oxygen atoms in total. The second kappa shape index (κ2) is 6.09. The van der Waals surface area contributed by atoms with Crippen LogP contribution in [0, 0.1) is 13.8 Å². The lowest BCUT2D eigenvalue weighted by atomic mass is 10.1. The molecule has 2 aromatic rings. The molecule has 0 bridgehead atoms. The summed E-state index contributed by atoms with van der Waals surface area (Å²) in [5.74, 6) is 1.70. The summed E-state index contributed by atoms with van der Waals surface area (Å²) in [6.07, 6.45) is 0. The molecule has 0 saturated heterocycles. The monoisotopic (exact) mass is 291 g/mol. The Bertz CT molecular complexity index is 616. The van der Waals surface area contributed by atoms with E-state index in [0.717, 1.165) is 34.8 Å². The minimum atomic E-state index is 0.459. The van der Waals surface area contributed by atoms with Gasteiger partial charge < -0.3 is 9.64 Å². The lowest BCUT2D eigenvalue weighted by molar-refractivity contribution is 0.414. The summed E-state index contributed by atoms with van der Waals surface area (Å²) in [5.41, 5.74) is 3.17. The van der Waals surface area contributed by atoms with Crippen LogP contribution in [0.1, 0.15) is 16.7 Å². The van der Waals surface area contributed by atoms with Crippen molar-refractivity contribution in [2.45, 2.75) is 20.4 Å². The molecule has 5 heteroatoms. The highest BCUT2D eigenvalue weighted by Gasteiger charge is 2.12. The zero-order chi connectivity index (χ0) is 14.7. The lowest BCUT2D eigenvalue weighted by Gasteiger charge is -2.21. The highest BCUT2D eigenvalue weighted by Crippen LogP contribution is 2.24. The number of rotatable bonds is 4. The molecule has 0 saturated carbocycles. The molecule has 0 aliphatic carbocycles. The standard InChI is InChI=1S/C15H18ClN3O/c1-10-11(2)15(18-17-14(10)16)19(3)9-12-6-5-7-13(8-12)20-4/h5-8H,9H2,1-4H3. The van der Waals surface area contributed by atoms with Crippen LogP contribution in [0.5, 0.6) is 5.75 Å². The number of benzene rings is 1. The molecular formula is C15H18ClN3O. The Morgan fingerprint density at radius 2 is 1.95 bits per heavy atom. The normalized spacial score (nSPS) is 10.4. The Hall–Kier alpha value is -1.81. The summed E-state index contributed by atoms with van der Waals surface area (Å²) < 4.78 is 5.24. The molecule has 2 rings (SSSR count).